The molecule has 1 aliphatic heterocycles. The summed E-state index contributed by atoms with van der Waals surface area (Å²) in [5, 5.41) is 11.5. The average molecular weight is 448 g/mol. The fraction of sp³-hybridized carbons (Fsp3) is 0.208. The third-order valence-corrected chi connectivity index (χ3v) is 5.23. The normalized spacial score (nSPS) is 15.5. The fourth-order valence-corrected chi connectivity index (χ4v) is 3.69. The predicted molar refractivity (Wildman–Crippen MR) is 122 cm³/mol. The number of para-hydroxylation sites is 1. The third kappa shape index (κ3) is 5.70. The van der Waals surface area contributed by atoms with Crippen molar-refractivity contribution in [1.29, 1.82) is 0 Å². The number of hydrogen-bond acceptors (Lipinski definition) is 6. The monoisotopic (exact) mass is 448 g/mol. The van der Waals surface area contributed by atoms with Gasteiger partial charge in [-0.1, -0.05) is 18.2 Å². The molecule has 4 N–H and O–H groups in total. The summed E-state index contributed by atoms with van der Waals surface area (Å²) in [6.45, 7) is 1.20. The molecular weight excluding hydrogens is 424 g/mol. The van der Waals surface area contributed by atoms with Gasteiger partial charge in [-0.25, -0.2) is 9.78 Å². The first-order valence-corrected chi connectivity index (χ1v) is 10.5. The Morgan fingerprint density at radius 1 is 1.03 bits per heavy atom. The Morgan fingerprint density at radius 3 is 2.36 bits per heavy atom. The highest BCUT2D eigenvalue weighted by Gasteiger charge is 2.23. The molecule has 1 fully saturated rings. The maximum Gasteiger partial charge on any atom is 0.404 e. The van der Waals surface area contributed by atoms with Crippen LogP contribution in [0.1, 0.15) is 23.2 Å². The Balaban J connectivity index is 1.48. The van der Waals surface area contributed by atoms with Crippen molar-refractivity contribution in [2.75, 3.05) is 18.0 Å². The summed E-state index contributed by atoms with van der Waals surface area (Å²) in [6, 6.07) is 17.8. The van der Waals surface area contributed by atoms with Crippen molar-refractivity contribution in [3.63, 3.8) is 0 Å². The van der Waals surface area contributed by atoms with Gasteiger partial charge in [0.05, 0.1) is 11.9 Å². The molecule has 0 saturated carbocycles. The molecule has 3 aromatic rings. The van der Waals surface area contributed by atoms with Crippen molar-refractivity contribution >= 4 is 17.7 Å². The van der Waals surface area contributed by atoms with E-state index in [4.69, 9.17) is 20.3 Å². The van der Waals surface area contributed by atoms with Crippen molar-refractivity contribution in [1.82, 2.24) is 10.3 Å². The number of benzene rings is 2. The van der Waals surface area contributed by atoms with Crippen molar-refractivity contribution in [2.45, 2.75) is 18.9 Å². The quantitative estimate of drug-likeness (QED) is 0.498. The number of carbonyl (C=O) groups is 2. The molecule has 0 radical (unpaired) electrons. The summed E-state index contributed by atoms with van der Waals surface area (Å²) in [5.41, 5.74) is 6.41. The highest BCUT2D eigenvalue weighted by Crippen LogP contribution is 2.30. The Morgan fingerprint density at radius 2 is 1.70 bits per heavy atom. The number of carbonyl (C=O) groups excluding carboxylic acids is 1. The van der Waals surface area contributed by atoms with Crippen LogP contribution in [0.2, 0.25) is 0 Å². The number of anilines is 1. The minimum absolute atomic E-state index is 0.0974. The summed E-state index contributed by atoms with van der Waals surface area (Å²) >= 11 is 0. The van der Waals surface area contributed by atoms with Gasteiger partial charge >= 0.3 is 6.09 Å². The Kier molecular flexibility index (Phi) is 6.58. The molecule has 33 heavy (non-hydrogen) atoms. The van der Waals surface area contributed by atoms with Gasteiger partial charge in [-0.3, -0.25) is 4.79 Å². The minimum Gasteiger partial charge on any atom is -0.465 e. The van der Waals surface area contributed by atoms with Gasteiger partial charge in [0, 0.05) is 19.1 Å². The van der Waals surface area contributed by atoms with Gasteiger partial charge in [0.2, 0.25) is 5.88 Å². The van der Waals surface area contributed by atoms with Crippen LogP contribution in [0.3, 0.4) is 0 Å². The van der Waals surface area contributed by atoms with Gasteiger partial charge in [-0.15, -0.1) is 0 Å². The molecule has 170 valence electrons. The van der Waals surface area contributed by atoms with Gasteiger partial charge in [0.15, 0.2) is 0 Å². The highest BCUT2D eigenvalue weighted by molar-refractivity contribution is 5.96. The number of nitrogens with two attached hydrogens (primary N) is 1. The second-order valence-electron chi connectivity index (χ2n) is 7.63. The number of nitrogens with zero attached hydrogens (tertiary/aromatic N) is 2. The van der Waals surface area contributed by atoms with Gasteiger partial charge < -0.3 is 30.5 Å². The van der Waals surface area contributed by atoms with Gasteiger partial charge in [0.25, 0.3) is 5.91 Å². The zero-order valence-corrected chi connectivity index (χ0v) is 17.8. The van der Waals surface area contributed by atoms with E-state index in [2.05, 4.69) is 10.3 Å². The van der Waals surface area contributed by atoms with Crippen molar-refractivity contribution in [3.05, 3.63) is 72.4 Å². The number of piperidine rings is 1. The van der Waals surface area contributed by atoms with Crippen LogP contribution < -0.4 is 25.4 Å². The lowest BCUT2D eigenvalue weighted by atomic mass is 10.1. The lowest BCUT2D eigenvalue weighted by molar-refractivity contribution is 0.0997. The highest BCUT2D eigenvalue weighted by atomic mass is 16.5. The van der Waals surface area contributed by atoms with Crippen LogP contribution in [0.15, 0.2) is 66.9 Å². The zero-order chi connectivity index (χ0) is 23.2. The van der Waals surface area contributed by atoms with Crippen molar-refractivity contribution in [2.24, 2.45) is 5.73 Å². The summed E-state index contributed by atoms with van der Waals surface area (Å²) in [6.07, 6.45) is 2.11. The molecule has 1 aliphatic rings. The summed E-state index contributed by atoms with van der Waals surface area (Å²) in [7, 11) is 0. The number of amides is 2. The first-order chi connectivity index (χ1) is 16.0. The van der Waals surface area contributed by atoms with E-state index in [1.54, 1.807) is 36.5 Å². The van der Waals surface area contributed by atoms with E-state index in [1.165, 1.54) is 0 Å². The largest absolute Gasteiger partial charge is 0.465 e. The second kappa shape index (κ2) is 9.90. The lowest BCUT2D eigenvalue weighted by Gasteiger charge is -2.34. The Bertz CT molecular complexity index is 1120. The molecule has 9 nitrogen and oxygen atoms in total. The standard InChI is InChI=1S/C24H24N4O5/c25-22(29)21-13-17(28-12-4-5-16(15-28)27-24(30)31)14-26-23(21)33-20-10-8-19(9-11-20)32-18-6-2-1-3-7-18/h1-3,6-11,13-14,16,27H,4-5,12,15H2,(H2,25,29)(H,30,31). The van der Waals surface area contributed by atoms with Crippen molar-refractivity contribution < 1.29 is 24.2 Å². The number of primary amides is 1. The summed E-state index contributed by atoms with van der Waals surface area (Å²) in [5.74, 6) is 1.27. The molecule has 1 unspecified atom stereocenters. The van der Waals surface area contributed by atoms with E-state index in [1.807, 2.05) is 35.2 Å². The molecule has 0 bridgehead atoms. The smallest absolute Gasteiger partial charge is 0.404 e. The fourth-order valence-electron chi connectivity index (χ4n) is 3.69. The SMILES string of the molecule is NC(=O)c1cc(N2CCCC(NC(=O)O)C2)cnc1Oc1ccc(Oc2ccccc2)cc1. The van der Waals surface area contributed by atoms with E-state index in [9.17, 15) is 9.59 Å². The predicted octanol–water partition coefficient (Wildman–Crippen LogP) is 4.00. The maximum absolute atomic E-state index is 12.1. The maximum atomic E-state index is 12.1. The molecule has 1 aromatic heterocycles. The van der Waals surface area contributed by atoms with Crippen LogP contribution >= 0.6 is 0 Å². The van der Waals surface area contributed by atoms with E-state index < -0.39 is 12.0 Å². The van der Waals surface area contributed by atoms with Gasteiger partial charge in [-0.05, 0) is 55.3 Å². The lowest BCUT2D eigenvalue weighted by Crippen LogP contribution is -2.47. The zero-order valence-electron chi connectivity index (χ0n) is 17.8. The van der Waals surface area contributed by atoms with Gasteiger partial charge in [0.1, 0.15) is 22.8 Å². The molecule has 2 heterocycles. The number of pyridine rings is 1. The van der Waals surface area contributed by atoms with Crippen LogP contribution in [0.4, 0.5) is 10.5 Å². The number of carboxylic acid groups (broad SMARTS) is 1. The first kappa shape index (κ1) is 21.9. The second-order valence-corrected chi connectivity index (χ2v) is 7.63. The number of ether oxygens (including phenoxy) is 2. The summed E-state index contributed by atoms with van der Waals surface area (Å²) < 4.78 is 11.6. The number of rotatable bonds is 7. The molecule has 2 amide bonds. The molecule has 0 spiro atoms. The van der Waals surface area contributed by atoms with Gasteiger partial charge in [-0.2, -0.15) is 0 Å². The molecule has 9 heteroatoms. The van der Waals surface area contributed by atoms with E-state index in [0.717, 1.165) is 25.1 Å². The molecule has 1 atom stereocenters. The Hall–Kier alpha value is -4.27. The van der Waals surface area contributed by atoms with Crippen LogP contribution in [0.25, 0.3) is 0 Å². The van der Waals surface area contributed by atoms with E-state index in [0.29, 0.717) is 23.7 Å². The Labute approximate surface area is 190 Å². The number of hydrogen-bond donors (Lipinski definition) is 3. The molecule has 1 saturated heterocycles. The molecule has 4 rings (SSSR count). The molecule has 2 aromatic carbocycles. The van der Waals surface area contributed by atoms with Crippen molar-refractivity contribution in [3.8, 4) is 23.1 Å². The van der Waals surface area contributed by atoms with Crippen LogP contribution in [-0.4, -0.2) is 41.2 Å². The van der Waals surface area contributed by atoms with Crippen LogP contribution in [0, 0.1) is 0 Å². The van der Waals surface area contributed by atoms with E-state index in [-0.39, 0.29) is 17.5 Å². The first-order valence-electron chi connectivity index (χ1n) is 10.5. The van der Waals surface area contributed by atoms with Crippen LogP contribution in [-0.2, 0) is 0 Å². The number of nitrogens with one attached hydrogen (secondary N) is 1. The third-order valence-electron chi connectivity index (χ3n) is 5.23. The molecule has 0 aliphatic carbocycles. The topological polar surface area (TPSA) is 127 Å². The average Bonchev–Trinajstić information content (AvgIpc) is 2.81. The minimum atomic E-state index is -1.05. The van der Waals surface area contributed by atoms with E-state index >= 15 is 0 Å². The number of aromatic nitrogens is 1. The summed E-state index contributed by atoms with van der Waals surface area (Å²) in [4.78, 5) is 29.3. The molecular formula is C24H24N4O5. The van der Waals surface area contributed by atoms with Crippen LogP contribution in [0.5, 0.6) is 23.1 Å².